The zero-order valence-electron chi connectivity index (χ0n) is 22.1. The van der Waals surface area contributed by atoms with Crippen molar-refractivity contribution in [2.45, 2.75) is 123 Å². The van der Waals surface area contributed by atoms with E-state index in [4.69, 9.17) is 4.74 Å². The van der Waals surface area contributed by atoms with Crippen LogP contribution in [0.2, 0.25) is 0 Å². The Balaban J connectivity index is 1.14. The minimum absolute atomic E-state index is 0.0411. The van der Waals surface area contributed by atoms with Crippen LogP contribution < -0.4 is 0 Å². The Kier molecular flexibility index (Phi) is 5.47. The van der Waals surface area contributed by atoms with Crippen LogP contribution in [0.3, 0.4) is 0 Å². The number of ether oxygens (including phenoxy) is 1. The lowest BCUT2D eigenvalue weighted by atomic mass is 9.46. The lowest BCUT2D eigenvalue weighted by molar-refractivity contribution is -0.165. The van der Waals surface area contributed by atoms with Crippen LogP contribution in [-0.2, 0) is 14.3 Å². The van der Waals surface area contributed by atoms with E-state index < -0.39 is 0 Å². The molecule has 8 atom stereocenters. The minimum atomic E-state index is 0.0411. The fourth-order valence-electron chi connectivity index (χ4n) is 11.2. The third-order valence-corrected chi connectivity index (χ3v) is 12.9. The van der Waals surface area contributed by atoms with Gasteiger partial charge in [-0.15, -0.1) is 0 Å². The Morgan fingerprint density at radius 1 is 0.971 bits per heavy atom. The first-order chi connectivity index (χ1) is 16.2. The van der Waals surface area contributed by atoms with Crippen molar-refractivity contribution in [3.63, 3.8) is 0 Å². The Morgan fingerprint density at radius 3 is 2.41 bits per heavy atom. The topological polar surface area (TPSA) is 46.6 Å². The Morgan fingerprint density at radius 2 is 1.71 bits per heavy atom. The molecule has 0 radical (unpaired) electrons. The van der Waals surface area contributed by atoms with Crippen LogP contribution in [0.1, 0.15) is 111 Å². The Labute approximate surface area is 206 Å². The second kappa shape index (κ2) is 7.97. The molecule has 4 nitrogen and oxygen atoms in total. The van der Waals surface area contributed by atoms with Crippen LogP contribution in [0.25, 0.3) is 0 Å². The van der Waals surface area contributed by atoms with Crippen molar-refractivity contribution in [3.8, 4) is 0 Å². The Bertz CT molecular complexity index is 846. The number of piperidine rings is 1. The fraction of sp³-hybridized carbons (Fsp3) is 0.933. The molecular formula is C30H47NO3. The maximum Gasteiger partial charge on any atom is 0.306 e. The molecule has 2 unspecified atom stereocenters. The number of hydrogen-bond acceptors (Lipinski definition) is 3. The van der Waals surface area contributed by atoms with Gasteiger partial charge in [0.15, 0.2) is 0 Å². The summed E-state index contributed by atoms with van der Waals surface area (Å²) in [5, 5.41) is 0. The molecule has 5 saturated carbocycles. The molecule has 0 aromatic carbocycles. The van der Waals surface area contributed by atoms with E-state index in [2.05, 4.69) is 32.7 Å². The van der Waals surface area contributed by atoms with Crippen LogP contribution in [0.15, 0.2) is 0 Å². The first-order valence-corrected chi connectivity index (χ1v) is 14.6. The van der Waals surface area contributed by atoms with Gasteiger partial charge >= 0.3 is 5.97 Å². The third-order valence-electron chi connectivity index (χ3n) is 12.9. The highest BCUT2D eigenvalue weighted by Gasteiger charge is 2.62. The number of nitrogens with zero attached hydrogens (tertiary/aromatic N) is 1. The summed E-state index contributed by atoms with van der Waals surface area (Å²) in [6.45, 7) is 7.25. The number of carbonyl (C=O) groups excluding carboxylic acids is 2. The van der Waals surface area contributed by atoms with Crippen LogP contribution in [0.5, 0.6) is 0 Å². The SMILES string of the molecule is CC(OC(=O)CC12CCC(CC1)C2)[C@H]1CC[C@H]2[C@@H]3CCC4N(C)C(=O)CC[C@]4(C)[C@H]3CC[C@]12C. The maximum atomic E-state index is 13.0. The summed E-state index contributed by atoms with van der Waals surface area (Å²) in [4.78, 5) is 27.6. The summed E-state index contributed by atoms with van der Waals surface area (Å²) in [7, 11) is 2.05. The second-order valence-electron chi connectivity index (χ2n) is 14.2. The molecule has 4 heteroatoms. The van der Waals surface area contributed by atoms with Gasteiger partial charge in [-0.2, -0.15) is 0 Å². The molecule has 1 heterocycles. The van der Waals surface area contributed by atoms with Gasteiger partial charge in [0, 0.05) is 25.4 Å². The van der Waals surface area contributed by atoms with Crippen LogP contribution >= 0.6 is 0 Å². The van der Waals surface area contributed by atoms with E-state index in [1.165, 1.54) is 70.6 Å². The van der Waals surface area contributed by atoms with E-state index in [1.54, 1.807) is 0 Å². The zero-order valence-corrected chi connectivity index (χ0v) is 22.1. The van der Waals surface area contributed by atoms with Gasteiger partial charge in [0.25, 0.3) is 0 Å². The summed E-state index contributed by atoms with van der Waals surface area (Å²) in [6.07, 6.45) is 16.4. The molecule has 5 aliphatic carbocycles. The minimum Gasteiger partial charge on any atom is -0.462 e. The van der Waals surface area contributed by atoms with E-state index in [9.17, 15) is 9.59 Å². The number of fused-ring (bicyclic) bond motifs is 7. The molecular weight excluding hydrogens is 422 g/mol. The average molecular weight is 470 g/mol. The highest BCUT2D eigenvalue weighted by molar-refractivity contribution is 5.77. The first-order valence-electron chi connectivity index (χ1n) is 14.6. The Hall–Kier alpha value is -1.06. The average Bonchev–Trinajstić information content (AvgIpc) is 3.48. The highest BCUT2D eigenvalue weighted by Crippen LogP contribution is 2.66. The smallest absolute Gasteiger partial charge is 0.306 e. The van der Waals surface area contributed by atoms with Crippen molar-refractivity contribution in [1.82, 2.24) is 4.90 Å². The maximum absolute atomic E-state index is 13.0. The van der Waals surface area contributed by atoms with Gasteiger partial charge in [-0.05, 0) is 124 Å². The molecule has 0 aromatic rings. The molecule has 190 valence electrons. The molecule has 6 rings (SSSR count). The molecule has 2 bridgehead atoms. The van der Waals surface area contributed by atoms with Gasteiger partial charge in [-0.3, -0.25) is 9.59 Å². The summed E-state index contributed by atoms with van der Waals surface area (Å²) in [5.41, 5.74) is 0.859. The van der Waals surface area contributed by atoms with Gasteiger partial charge in [0.2, 0.25) is 5.91 Å². The lowest BCUT2D eigenvalue weighted by Gasteiger charge is -2.62. The molecule has 0 spiro atoms. The number of amides is 1. The third kappa shape index (κ3) is 3.35. The molecule has 6 fully saturated rings. The van der Waals surface area contributed by atoms with Gasteiger partial charge in [0.1, 0.15) is 6.10 Å². The lowest BCUT2D eigenvalue weighted by Crippen LogP contribution is -2.61. The number of esters is 1. The van der Waals surface area contributed by atoms with Gasteiger partial charge in [0.05, 0.1) is 6.42 Å². The molecule has 1 saturated heterocycles. The number of hydrogen-bond donors (Lipinski definition) is 0. The van der Waals surface area contributed by atoms with Crippen LogP contribution in [-0.4, -0.2) is 36.0 Å². The highest BCUT2D eigenvalue weighted by atomic mass is 16.5. The van der Waals surface area contributed by atoms with Crippen molar-refractivity contribution < 1.29 is 14.3 Å². The second-order valence-corrected chi connectivity index (χ2v) is 14.2. The fourth-order valence-corrected chi connectivity index (χ4v) is 11.2. The van der Waals surface area contributed by atoms with Crippen molar-refractivity contribution in [2.24, 2.45) is 45.8 Å². The summed E-state index contributed by atoms with van der Waals surface area (Å²) in [5.74, 6) is 4.09. The monoisotopic (exact) mass is 469 g/mol. The first kappa shape index (κ1) is 23.3. The van der Waals surface area contributed by atoms with E-state index in [0.29, 0.717) is 29.7 Å². The summed E-state index contributed by atoms with van der Waals surface area (Å²) in [6, 6.07) is 0.432. The molecule has 6 aliphatic rings. The van der Waals surface area contributed by atoms with Gasteiger partial charge in [-0.25, -0.2) is 0 Å². The van der Waals surface area contributed by atoms with Crippen molar-refractivity contribution in [1.29, 1.82) is 0 Å². The molecule has 0 aromatic heterocycles. The van der Waals surface area contributed by atoms with Crippen molar-refractivity contribution >= 4 is 11.9 Å². The number of likely N-dealkylation sites (tertiary alicyclic amines) is 1. The van der Waals surface area contributed by atoms with E-state index >= 15 is 0 Å². The van der Waals surface area contributed by atoms with E-state index in [1.807, 2.05) is 0 Å². The van der Waals surface area contributed by atoms with Crippen molar-refractivity contribution in [3.05, 3.63) is 0 Å². The zero-order chi connectivity index (χ0) is 23.9. The summed E-state index contributed by atoms with van der Waals surface area (Å²) >= 11 is 0. The predicted molar refractivity (Wildman–Crippen MR) is 133 cm³/mol. The normalized spacial score (nSPS) is 50.5. The summed E-state index contributed by atoms with van der Waals surface area (Å²) < 4.78 is 6.24. The van der Waals surface area contributed by atoms with Crippen molar-refractivity contribution in [2.75, 3.05) is 7.05 Å². The largest absolute Gasteiger partial charge is 0.462 e. The predicted octanol–water partition coefficient (Wildman–Crippen LogP) is 6.37. The van der Waals surface area contributed by atoms with Crippen LogP contribution in [0.4, 0.5) is 0 Å². The quantitative estimate of drug-likeness (QED) is 0.450. The number of rotatable bonds is 4. The molecule has 0 N–H and O–H groups in total. The van der Waals surface area contributed by atoms with Gasteiger partial charge in [-0.1, -0.05) is 13.8 Å². The van der Waals surface area contributed by atoms with E-state index in [0.717, 1.165) is 36.5 Å². The van der Waals surface area contributed by atoms with E-state index in [-0.39, 0.29) is 22.9 Å². The standard InChI is InChI=1S/C30H47NO3/c1-19(34-27(33)18-30-15-9-20(17-30)10-16-30)22-6-7-23-21-5-8-25-29(3,14-12-26(32)31(25)4)24(21)11-13-28(22,23)2/h19-25H,5-18H2,1-4H3/t19?,20?,21-,22+,23-,24-,25?,28+,29+,30?/m0/s1. The number of carbonyl (C=O) groups is 2. The van der Waals surface area contributed by atoms with Gasteiger partial charge < -0.3 is 9.64 Å². The molecule has 34 heavy (non-hydrogen) atoms. The van der Waals surface area contributed by atoms with Crippen LogP contribution in [0, 0.1) is 45.8 Å². The molecule has 1 amide bonds. The molecule has 1 aliphatic heterocycles.